The van der Waals surface area contributed by atoms with Crippen LogP contribution >= 0.6 is 22.9 Å². The average Bonchev–Trinajstić information content (AvgIpc) is 2.71. The lowest BCUT2D eigenvalue weighted by Gasteiger charge is -2.12. The number of carboxylic acids is 1. The van der Waals surface area contributed by atoms with Gasteiger partial charge in [0.25, 0.3) is 0 Å². The molecule has 0 spiro atoms. The largest absolute Gasteiger partial charge is 0.478 e. The molecule has 20 heavy (non-hydrogen) atoms. The molecule has 106 valence electrons. The average molecular weight is 319 g/mol. The van der Waals surface area contributed by atoms with Crippen LogP contribution in [0, 0.1) is 18.6 Å². The quantitative estimate of drug-likeness (QED) is 0.905. The molecule has 2 aromatic rings. The van der Waals surface area contributed by atoms with Crippen LogP contribution in [0.4, 0.5) is 8.78 Å². The number of aliphatic hydroxyl groups is 1. The van der Waals surface area contributed by atoms with Crippen molar-refractivity contribution in [2.45, 2.75) is 13.0 Å². The zero-order valence-corrected chi connectivity index (χ0v) is 11.7. The van der Waals surface area contributed by atoms with Crippen molar-refractivity contribution in [1.82, 2.24) is 0 Å². The zero-order chi connectivity index (χ0) is 15.0. The van der Waals surface area contributed by atoms with E-state index in [0.29, 0.717) is 26.9 Å². The molecular weight excluding hydrogens is 310 g/mol. The lowest BCUT2D eigenvalue weighted by Crippen LogP contribution is -2.09. The van der Waals surface area contributed by atoms with Crippen molar-refractivity contribution in [3.05, 3.63) is 55.7 Å². The number of hydrogen-bond donors (Lipinski definition) is 2. The first-order valence-corrected chi connectivity index (χ1v) is 6.66. The second kappa shape index (κ2) is 5.47. The fourth-order valence-corrected chi connectivity index (χ4v) is 2.97. The lowest BCUT2D eigenvalue weighted by molar-refractivity contribution is 0.0690. The van der Waals surface area contributed by atoms with Crippen molar-refractivity contribution in [2.24, 2.45) is 0 Å². The molecule has 2 rings (SSSR count). The number of thiophene rings is 1. The Hall–Kier alpha value is -1.50. The second-order valence-electron chi connectivity index (χ2n) is 4.17. The van der Waals surface area contributed by atoms with E-state index in [1.165, 1.54) is 0 Å². The van der Waals surface area contributed by atoms with Crippen molar-refractivity contribution in [1.29, 1.82) is 0 Å². The van der Waals surface area contributed by atoms with Gasteiger partial charge in [-0.15, -0.1) is 11.3 Å². The second-order valence-corrected chi connectivity index (χ2v) is 5.85. The van der Waals surface area contributed by atoms with Gasteiger partial charge < -0.3 is 10.2 Å². The first-order valence-electron chi connectivity index (χ1n) is 5.47. The molecule has 2 N–H and O–H groups in total. The van der Waals surface area contributed by atoms with Gasteiger partial charge in [0.2, 0.25) is 0 Å². The highest BCUT2D eigenvalue weighted by Crippen LogP contribution is 2.35. The van der Waals surface area contributed by atoms with Gasteiger partial charge in [0, 0.05) is 10.4 Å². The van der Waals surface area contributed by atoms with E-state index in [0.717, 1.165) is 11.3 Å². The van der Waals surface area contributed by atoms with E-state index in [1.54, 1.807) is 13.0 Å². The molecule has 1 atom stereocenters. The highest BCUT2D eigenvalue weighted by Gasteiger charge is 2.23. The maximum absolute atomic E-state index is 13.3. The van der Waals surface area contributed by atoms with E-state index < -0.39 is 29.3 Å². The Morgan fingerprint density at radius 2 is 1.90 bits per heavy atom. The van der Waals surface area contributed by atoms with Gasteiger partial charge in [0.1, 0.15) is 6.10 Å². The molecule has 0 aliphatic rings. The van der Waals surface area contributed by atoms with E-state index in [9.17, 15) is 18.7 Å². The number of aliphatic hydroxyl groups excluding tert-OH is 1. The monoisotopic (exact) mass is 318 g/mol. The Balaban J connectivity index is 2.56. The smallest absolute Gasteiger partial charge is 0.336 e. The number of aromatic carboxylic acids is 1. The molecule has 0 saturated heterocycles. The van der Waals surface area contributed by atoms with E-state index in [2.05, 4.69) is 0 Å². The lowest BCUT2D eigenvalue weighted by atomic mass is 10.0. The summed E-state index contributed by atoms with van der Waals surface area (Å²) in [5.74, 6) is -3.94. The van der Waals surface area contributed by atoms with Crippen molar-refractivity contribution in [2.75, 3.05) is 0 Å². The number of rotatable bonds is 3. The standard InChI is InChI=1S/C13H9ClF2O3S/c1-5-2-10(20-12(5)14)11(17)6-3-8(15)9(16)4-7(6)13(18)19/h2-4,11,17H,1H3,(H,18,19). The van der Waals surface area contributed by atoms with E-state index >= 15 is 0 Å². The third-order valence-corrected chi connectivity index (χ3v) is 4.37. The zero-order valence-electron chi connectivity index (χ0n) is 10.2. The topological polar surface area (TPSA) is 57.5 Å². The maximum Gasteiger partial charge on any atom is 0.336 e. The molecule has 1 heterocycles. The first kappa shape index (κ1) is 14.9. The summed E-state index contributed by atoms with van der Waals surface area (Å²) in [6.07, 6.45) is -1.38. The van der Waals surface area contributed by atoms with Crippen LogP contribution in [0.3, 0.4) is 0 Å². The van der Waals surface area contributed by atoms with Gasteiger partial charge in [0.05, 0.1) is 9.90 Å². The molecule has 0 radical (unpaired) electrons. The third kappa shape index (κ3) is 2.67. The Bertz CT molecular complexity index is 665. The number of hydrogen-bond acceptors (Lipinski definition) is 3. The molecule has 7 heteroatoms. The molecule has 0 aliphatic carbocycles. The van der Waals surface area contributed by atoms with Crippen molar-refractivity contribution in [3.8, 4) is 0 Å². The van der Waals surface area contributed by atoms with Gasteiger partial charge in [-0.2, -0.15) is 0 Å². The molecule has 0 bridgehead atoms. The summed E-state index contributed by atoms with van der Waals surface area (Å²) in [7, 11) is 0. The van der Waals surface area contributed by atoms with Crippen LogP contribution in [0.15, 0.2) is 18.2 Å². The van der Waals surface area contributed by atoms with Gasteiger partial charge in [0.15, 0.2) is 11.6 Å². The van der Waals surface area contributed by atoms with Crippen LogP contribution < -0.4 is 0 Å². The highest BCUT2D eigenvalue weighted by molar-refractivity contribution is 7.16. The van der Waals surface area contributed by atoms with Crippen molar-refractivity contribution >= 4 is 28.9 Å². The summed E-state index contributed by atoms with van der Waals surface area (Å²) in [6.45, 7) is 1.72. The number of benzene rings is 1. The number of carbonyl (C=O) groups is 1. The summed E-state index contributed by atoms with van der Waals surface area (Å²) in [5.41, 5.74) is 0.0121. The fraction of sp³-hybridized carbons (Fsp3) is 0.154. The SMILES string of the molecule is Cc1cc(C(O)c2cc(F)c(F)cc2C(=O)O)sc1Cl. The molecular formula is C13H9ClF2O3S. The molecule has 1 aromatic carbocycles. The van der Waals surface area contributed by atoms with Gasteiger partial charge in [-0.3, -0.25) is 0 Å². The Morgan fingerprint density at radius 1 is 1.30 bits per heavy atom. The molecule has 3 nitrogen and oxygen atoms in total. The molecule has 0 saturated carbocycles. The Morgan fingerprint density at radius 3 is 2.40 bits per heavy atom. The molecule has 0 fully saturated rings. The summed E-state index contributed by atoms with van der Waals surface area (Å²) in [6, 6.07) is 2.81. The van der Waals surface area contributed by atoms with Crippen molar-refractivity contribution in [3.63, 3.8) is 0 Å². The minimum atomic E-state index is -1.45. The minimum Gasteiger partial charge on any atom is -0.478 e. The van der Waals surface area contributed by atoms with Crippen LogP contribution in [0.25, 0.3) is 0 Å². The Labute approximate surface area is 122 Å². The summed E-state index contributed by atoms with van der Waals surface area (Å²) in [4.78, 5) is 11.4. The predicted molar refractivity (Wildman–Crippen MR) is 71.4 cm³/mol. The molecule has 0 aliphatic heterocycles. The van der Waals surface area contributed by atoms with E-state index in [4.69, 9.17) is 16.7 Å². The maximum atomic E-state index is 13.3. The van der Waals surface area contributed by atoms with Crippen LogP contribution in [-0.4, -0.2) is 16.2 Å². The summed E-state index contributed by atoms with van der Waals surface area (Å²) < 4.78 is 26.8. The van der Waals surface area contributed by atoms with Crippen LogP contribution in [-0.2, 0) is 0 Å². The van der Waals surface area contributed by atoms with Gasteiger partial charge in [-0.05, 0) is 30.7 Å². The van der Waals surface area contributed by atoms with Crippen molar-refractivity contribution < 1.29 is 23.8 Å². The van der Waals surface area contributed by atoms with Gasteiger partial charge in [-0.1, -0.05) is 11.6 Å². The van der Waals surface area contributed by atoms with Crippen LogP contribution in [0.2, 0.25) is 4.34 Å². The highest BCUT2D eigenvalue weighted by atomic mass is 35.5. The predicted octanol–water partition coefficient (Wildman–Crippen LogP) is 3.77. The van der Waals surface area contributed by atoms with Crippen LogP contribution in [0.1, 0.15) is 32.5 Å². The minimum absolute atomic E-state index is 0.214. The van der Waals surface area contributed by atoms with Gasteiger partial charge in [-0.25, -0.2) is 13.6 Å². The molecule has 1 aromatic heterocycles. The number of carboxylic acid groups (broad SMARTS) is 1. The number of halogens is 3. The van der Waals surface area contributed by atoms with Crippen LogP contribution in [0.5, 0.6) is 0 Å². The number of aryl methyl sites for hydroxylation is 1. The van der Waals surface area contributed by atoms with Gasteiger partial charge >= 0.3 is 5.97 Å². The normalized spacial score (nSPS) is 12.4. The fourth-order valence-electron chi connectivity index (χ4n) is 1.75. The third-order valence-electron chi connectivity index (χ3n) is 2.76. The first-order chi connectivity index (χ1) is 9.31. The molecule has 1 unspecified atom stereocenters. The molecule has 0 amide bonds. The Kier molecular flexibility index (Phi) is 4.08. The van der Waals surface area contributed by atoms with E-state index in [1.807, 2.05) is 0 Å². The van der Waals surface area contributed by atoms with E-state index in [-0.39, 0.29) is 5.56 Å². The summed E-state index contributed by atoms with van der Waals surface area (Å²) in [5, 5.41) is 19.2. The summed E-state index contributed by atoms with van der Waals surface area (Å²) >= 11 is 6.93.